The number of rotatable bonds is 6. The average molecular weight is 511 g/mol. The van der Waals surface area contributed by atoms with Gasteiger partial charge in [0.25, 0.3) is 0 Å². The van der Waals surface area contributed by atoms with Crippen molar-refractivity contribution in [2.24, 2.45) is 0 Å². The Morgan fingerprint density at radius 3 is 1.71 bits per heavy atom. The van der Waals surface area contributed by atoms with Crippen LogP contribution >= 0.6 is 9.24 Å². The van der Waals surface area contributed by atoms with Crippen LogP contribution in [0, 0.1) is 0 Å². The zero-order chi connectivity index (χ0) is 26.3. The van der Waals surface area contributed by atoms with Crippen molar-refractivity contribution in [2.45, 2.75) is 13.8 Å². The molecular weight excluding hydrogens is 479 g/mol. The first-order valence-electron chi connectivity index (χ1n) is 12.8. The molecule has 2 heteroatoms. The summed E-state index contributed by atoms with van der Waals surface area (Å²) >= 11 is 0. The smallest absolute Gasteiger partial charge is 0.135 e. The summed E-state index contributed by atoms with van der Waals surface area (Å²) in [7, 11) is 2.84. The number of hydrogen-bond acceptors (Lipinski definition) is 1. The zero-order valence-corrected chi connectivity index (χ0v) is 22.9. The molecule has 0 amide bonds. The van der Waals surface area contributed by atoms with Crippen molar-refractivity contribution in [3.8, 4) is 11.1 Å². The van der Waals surface area contributed by atoms with Crippen LogP contribution in [-0.4, -0.2) is 0 Å². The molecule has 0 saturated heterocycles. The van der Waals surface area contributed by atoms with Crippen molar-refractivity contribution in [1.82, 2.24) is 0 Å². The van der Waals surface area contributed by atoms with Gasteiger partial charge < -0.3 is 4.74 Å². The second-order valence-electron chi connectivity index (χ2n) is 9.41. The van der Waals surface area contributed by atoms with Gasteiger partial charge in [0.05, 0.1) is 0 Å². The summed E-state index contributed by atoms with van der Waals surface area (Å²) in [5.74, 6) is 1.71. The molecule has 1 atom stereocenters. The summed E-state index contributed by atoms with van der Waals surface area (Å²) < 4.78 is 6.35. The monoisotopic (exact) mass is 510 g/mol. The van der Waals surface area contributed by atoms with Gasteiger partial charge in [-0.3, -0.25) is 0 Å². The minimum atomic E-state index is 0.854. The Labute approximate surface area is 228 Å². The van der Waals surface area contributed by atoms with Crippen LogP contribution in [0.3, 0.4) is 0 Å². The number of benzene rings is 4. The quantitative estimate of drug-likeness (QED) is 0.186. The Bertz CT molecular complexity index is 1510. The highest BCUT2D eigenvalue weighted by Gasteiger charge is 2.15. The molecule has 1 aliphatic rings. The van der Waals surface area contributed by atoms with Crippen molar-refractivity contribution in [3.63, 3.8) is 0 Å². The molecular formula is C36H31OP. The molecule has 0 bridgehead atoms. The fourth-order valence-corrected chi connectivity index (χ4v) is 4.78. The fraction of sp³-hybridized carbons (Fsp3) is 0.0556. The molecule has 0 spiro atoms. The van der Waals surface area contributed by atoms with Crippen molar-refractivity contribution >= 4 is 31.6 Å². The van der Waals surface area contributed by atoms with E-state index < -0.39 is 0 Å². The number of allylic oxidation sites excluding steroid dienone is 8. The number of hydrogen-bond donors (Lipinski definition) is 0. The van der Waals surface area contributed by atoms with E-state index in [1.165, 1.54) is 33.1 Å². The fourth-order valence-electron chi connectivity index (χ4n) is 4.42. The van der Waals surface area contributed by atoms with Gasteiger partial charge in [-0.05, 0) is 82.9 Å². The van der Waals surface area contributed by atoms with Crippen LogP contribution in [0.25, 0.3) is 28.2 Å². The molecule has 0 aliphatic carbocycles. The zero-order valence-electron chi connectivity index (χ0n) is 21.8. The summed E-state index contributed by atoms with van der Waals surface area (Å²) in [6.07, 6.45) is 10.7. The summed E-state index contributed by atoms with van der Waals surface area (Å²) in [5, 5.41) is 1.18. The molecule has 0 N–H and O–H groups in total. The van der Waals surface area contributed by atoms with Crippen LogP contribution in [0.15, 0.2) is 151 Å². The Hall–Kier alpha value is -4.19. The molecule has 1 aliphatic heterocycles. The molecule has 0 fully saturated rings. The molecule has 0 radical (unpaired) electrons. The van der Waals surface area contributed by atoms with E-state index in [9.17, 15) is 0 Å². The summed E-state index contributed by atoms with van der Waals surface area (Å²) in [6, 6.07) is 37.7. The van der Waals surface area contributed by atoms with Gasteiger partial charge in [-0.1, -0.05) is 109 Å². The van der Waals surface area contributed by atoms with Gasteiger partial charge in [0.1, 0.15) is 11.5 Å². The SMILES string of the molecule is CC(/C=C/C=C(\C)c1cc(P)cc(-c2ccccc2)c1)=C1C=C(c2ccccc2)OC(c2ccccc2)=C1. The third-order valence-electron chi connectivity index (χ3n) is 6.58. The van der Waals surface area contributed by atoms with Crippen LogP contribution in [0.5, 0.6) is 0 Å². The molecule has 4 aromatic rings. The lowest BCUT2D eigenvalue weighted by molar-refractivity contribution is 0.466. The van der Waals surface area contributed by atoms with Gasteiger partial charge in [-0.2, -0.15) is 0 Å². The van der Waals surface area contributed by atoms with Gasteiger partial charge in [-0.15, -0.1) is 9.24 Å². The first-order valence-corrected chi connectivity index (χ1v) is 13.4. The Morgan fingerprint density at radius 1 is 0.632 bits per heavy atom. The maximum absolute atomic E-state index is 6.35. The standard InChI is InChI=1S/C36H31OP/c1-26(31-21-33(23-34(38)22-31)28-15-6-3-7-16-28)13-12-14-27(2)32-24-35(29-17-8-4-9-18-29)37-36(25-32)30-19-10-5-11-20-30/h3-25H,38H2,1-2H3/b14-12+,26-13+. The van der Waals surface area contributed by atoms with E-state index in [0.717, 1.165) is 28.2 Å². The van der Waals surface area contributed by atoms with E-state index in [0.29, 0.717) is 0 Å². The highest BCUT2D eigenvalue weighted by atomic mass is 31.0. The van der Waals surface area contributed by atoms with Crippen LogP contribution in [0.4, 0.5) is 0 Å². The second-order valence-corrected chi connectivity index (χ2v) is 10.1. The molecule has 1 nitrogen and oxygen atoms in total. The molecule has 0 aromatic heterocycles. The van der Waals surface area contributed by atoms with Crippen molar-refractivity contribution in [3.05, 3.63) is 167 Å². The topological polar surface area (TPSA) is 9.23 Å². The predicted octanol–water partition coefficient (Wildman–Crippen LogP) is 9.24. The molecule has 0 saturated carbocycles. The predicted molar refractivity (Wildman–Crippen MR) is 167 cm³/mol. The third kappa shape index (κ3) is 6.20. The minimum Gasteiger partial charge on any atom is -0.456 e. The maximum atomic E-state index is 6.35. The van der Waals surface area contributed by atoms with E-state index in [-0.39, 0.29) is 0 Å². The molecule has 186 valence electrons. The second kappa shape index (κ2) is 11.9. The van der Waals surface area contributed by atoms with Crippen LogP contribution in [0.2, 0.25) is 0 Å². The van der Waals surface area contributed by atoms with Crippen molar-refractivity contribution in [1.29, 1.82) is 0 Å². The maximum Gasteiger partial charge on any atom is 0.135 e. The lowest BCUT2D eigenvalue weighted by atomic mass is 9.99. The van der Waals surface area contributed by atoms with Gasteiger partial charge in [0.15, 0.2) is 0 Å². The van der Waals surface area contributed by atoms with Gasteiger partial charge in [0.2, 0.25) is 0 Å². The normalized spacial score (nSPS) is 13.7. The van der Waals surface area contributed by atoms with Crippen LogP contribution in [-0.2, 0) is 4.74 Å². The number of ether oxygens (including phenoxy) is 1. The first kappa shape index (κ1) is 25.5. The lowest BCUT2D eigenvalue weighted by Crippen LogP contribution is -2.00. The third-order valence-corrected chi connectivity index (χ3v) is 6.91. The highest BCUT2D eigenvalue weighted by Crippen LogP contribution is 2.33. The van der Waals surface area contributed by atoms with Crippen LogP contribution in [0.1, 0.15) is 30.5 Å². The Morgan fingerprint density at radius 2 is 1.16 bits per heavy atom. The Balaban J connectivity index is 1.45. The summed E-state index contributed by atoms with van der Waals surface area (Å²) in [6.45, 7) is 4.31. The van der Waals surface area contributed by atoms with Crippen molar-refractivity contribution in [2.75, 3.05) is 0 Å². The molecule has 4 aromatic carbocycles. The molecule has 1 unspecified atom stereocenters. The summed E-state index contributed by atoms with van der Waals surface area (Å²) in [4.78, 5) is 0. The van der Waals surface area contributed by atoms with Gasteiger partial charge in [-0.25, -0.2) is 0 Å². The van der Waals surface area contributed by atoms with Gasteiger partial charge in [0, 0.05) is 11.1 Å². The average Bonchev–Trinajstić information content (AvgIpc) is 2.98. The van der Waals surface area contributed by atoms with Gasteiger partial charge >= 0.3 is 0 Å². The molecule has 1 heterocycles. The van der Waals surface area contributed by atoms with E-state index in [1.54, 1.807) is 0 Å². The molecule has 38 heavy (non-hydrogen) atoms. The van der Waals surface area contributed by atoms with E-state index in [2.05, 4.69) is 126 Å². The minimum absolute atomic E-state index is 0.854. The van der Waals surface area contributed by atoms with E-state index in [4.69, 9.17) is 4.74 Å². The van der Waals surface area contributed by atoms with Crippen molar-refractivity contribution < 1.29 is 4.74 Å². The summed E-state index contributed by atoms with van der Waals surface area (Å²) in [5.41, 5.74) is 9.31. The van der Waals surface area contributed by atoms with E-state index >= 15 is 0 Å². The first-order chi connectivity index (χ1) is 18.6. The van der Waals surface area contributed by atoms with E-state index in [1.807, 2.05) is 36.4 Å². The highest BCUT2D eigenvalue weighted by molar-refractivity contribution is 7.27. The lowest BCUT2D eigenvalue weighted by Gasteiger charge is -2.19. The largest absolute Gasteiger partial charge is 0.456 e. The van der Waals surface area contributed by atoms with Crippen LogP contribution < -0.4 is 5.30 Å². The Kier molecular flexibility index (Phi) is 7.98. The molecule has 5 rings (SSSR count).